The summed E-state index contributed by atoms with van der Waals surface area (Å²) in [5, 5.41) is 11.3. The number of halogens is 3. The maximum absolute atomic E-state index is 6.01. The van der Waals surface area contributed by atoms with Crippen LogP contribution in [0, 0.1) is 0 Å². The number of nitrogens with zero attached hydrogens (tertiary/aromatic N) is 1. The zero-order valence-electron chi connectivity index (χ0n) is 8.10. The van der Waals surface area contributed by atoms with Crippen LogP contribution in [-0.2, 0) is 6.54 Å². The predicted molar refractivity (Wildman–Crippen MR) is 67.4 cm³/mol. The third-order valence-electron chi connectivity index (χ3n) is 2.04. The van der Waals surface area contributed by atoms with Crippen molar-refractivity contribution in [3.8, 4) is 0 Å². The van der Waals surface area contributed by atoms with Gasteiger partial charge in [0.1, 0.15) is 0 Å². The van der Waals surface area contributed by atoms with E-state index in [2.05, 4.69) is 15.5 Å². The van der Waals surface area contributed by atoms with Crippen LogP contribution >= 0.6 is 34.8 Å². The highest BCUT2D eigenvalue weighted by Crippen LogP contribution is 2.32. The minimum Gasteiger partial charge on any atom is -0.378 e. The molecule has 0 saturated carbocycles. The first-order chi connectivity index (χ1) is 7.66. The Bertz CT molecular complexity index is 482. The van der Waals surface area contributed by atoms with E-state index >= 15 is 0 Å². The number of benzene rings is 1. The molecule has 0 saturated heterocycles. The van der Waals surface area contributed by atoms with E-state index in [0.29, 0.717) is 21.6 Å². The fourth-order valence-corrected chi connectivity index (χ4v) is 1.85. The van der Waals surface area contributed by atoms with Crippen molar-refractivity contribution in [1.82, 2.24) is 10.2 Å². The van der Waals surface area contributed by atoms with E-state index in [-0.39, 0.29) is 0 Å². The molecule has 2 rings (SSSR count). The van der Waals surface area contributed by atoms with Gasteiger partial charge in [-0.3, -0.25) is 5.10 Å². The number of nitrogens with one attached hydrogen (secondary N) is 2. The first-order valence-electron chi connectivity index (χ1n) is 4.53. The summed E-state index contributed by atoms with van der Waals surface area (Å²) in [6.45, 7) is 0.595. The molecule has 0 radical (unpaired) electrons. The molecule has 84 valence electrons. The summed E-state index contributed by atoms with van der Waals surface area (Å²) in [7, 11) is 0. The Hall–Kier alpha value is -0.900. The van der Waals surface area contributed by atoms with Gasteiger partial charge >= 0.3 is 0 Å². The van der Waals surface area contributed by atoms with Crippen molar-refractivity contribution < 1.29 is 0 Å². The average molecular weight is 277 g/mol. The molecule has 0 amide bonds. The molecule has 3 nitrogen and oxygen atoms in total. The lowest BCUT2D eigenvalue weighted by Gasteiger charge is -2.08. The van der Waals surface area contributed by atoms with Crippen molar-refractivity contribution in [3.05, 3.63) is 45.2 Å². The van der Waals surface area contributed by atoms with Gasteiger partial charge in [0, 0.05) is 6.20 Å². The van der Waals surface area contributed by atoms with E-state index in [4.69, 9.17) is 34.8 Å². The molecule has 0 atom stereocenters. The second-order valence-corrected chi connectivity index (χ2v) is 4.40. The van der Waals surface area contributed by atoms with Crippen molar-refractivity contribution in [2.75, 3.05) is 5.32 Å². The van der Waals surface area contributed by atoms with Crippen LogP contribution in [0.1, 0.15) is 5.69 Å². The highest BCUT2D eigenvalue weighted by atomic mass is 35.5. The Morgan fingerprint density at radius 1 is 1.12 bits per heavy atom. The molecule has 0 aliphatic carbocycles. The van der Waals surface area contributed by atoms with Crippen molar-refractivity contribution in [2.45, 2.75) is 6.54 Å². The molecule has 6 heteroatoms. The number of hydrogen-bond donors (Lipinski definition) is 2. The summed E-state index contributed by atoms with van der Waals surface area (Å²) in [5.74, 6) is 0. The van der Waals surface area contributed by atoms with Gasteiger partial charge in [0.05, 0.1) is 33.0 Å². The van der Waals surface area contributed by atoms with Crippen molar-refractivity contribution >= 4 is 40.5 Å². The number of aromatic nitrogens is 2. The molecule has 0 bridgehead atoms. The summed E-state index contributed by atoms with van der Waals surface area (Å²) < 4.78 is 0. The smallest absolute Gasteiger partial charge is 0.0653 e. The lowest BCUT2D eigenvalue weighted by molar-refractivity contribution is 0.981. The molecule has 2 aromatic rings. The van der Waals surface area contributed by atoms with Crippen molar-refractivity contribution in [3.63, 3.8) is 0 Å². The van der Waals surface area contributed by atoms with Gasteiger partial charge in [0.15, 0.2) is 0 Å². The number of aromatic amines is 1. The topological polar surface area (TPSA) is 40.7 Å². The second kappa shape index (κ2) is 4.95. The van der Waals surface area contributed by atoms with E-state index in [1.54, 1.807) is 18.3 Å². The summed E-state index contributed by atoms with van der Waals surface area (Å²) in [5.41, 5.74) is 1.70. The molecule has 1 aromatic heterocycles. The van der Waals surface area contributed by atoms with Crippen LogP contribution in [0.3, 0.4) is 0 Å². The maximum Gasteiger partial charge on any atom is 0.0653 e. The molecule has 2 N–H and O–H groups in total. The van der Waals surface area contributed by atoms with Gasteiger partial charge in [0.25, 0.3) is 0 Å². The van der Waals surface area contributed by atoms with Gasteiger partial charge < -0.3 is 5.32 Å². The standard InChI is InChI=1S/C10H8Cl3N3/c11-7-3-9(13)10(4-8(7)12)14-5-6-1-2-15-16-6/h1-4,14H,5H2,(H,15,16). The zero-order valence-corrected chi connectivity index (χ0v) is 10.4. The van der Waals surface area contributed by atoms with E-state index in [1.807, 2.05) is 6.07 Å². The first-order valence-corrected chi connectivity index (χ1v) is 5.67. The van der Waals surface area contributed by atoms with E-state index in [9.17, 15) is 0 Å². The third kappa shape index (κ3) is 2.61. The normalized spacial score (nSPS) is 10.4. The monoisotopic (exact) mass is 275 g/mol. The third-order valence-corrected chi connectivity index (χ3v) is 3.07. The number of anilines is 1. The van der Waals surface area contributed by atoms with Gasteiger partial charge in [-0.1, -0.05) is 34.8 Å². The molecule has 1 aromatic carbocycles. The zero-order chi connectivity index (χ0) is 11.5. The number of H-pyrrole nitrogens is 1. The molecule has 0 aliphatic rings. The summed E-state index contributed by atoms with van der Waals surface area (Å²) >= 11 is 17.7. The van der Waals surface area contributed by atoms with Gasteiger partial charge in [-0.15, -0.1) is 0 Å². The molecular formula is C10H8Cl3N3. The molecule has 1 heterocycles. The van der Waals surface area contributed by atoms with E-state index in [1.165, 1.54) is 0 Å². The molecule has 16 heavy (non-hydrogen) atoms. The van der Waals surface area contributed by atoms with Crippen LogP contribution in [-0.4, -0.2) is 10.2 Å². The largest absolute Gasteiger partial charge is 0.378 e. The Morgan fingerprint density at radius 2 is 1.88 bits per heavy atom. The SMILES string of the molecule is Clc1cc(Cl)c(NCc2ccn[nH]2)cc1Cl. The fraction of sp³-hybridized carbons (Fsp3) is 0.100. The number of rotatable bonds is 3. The van der Waals surface area contributed by atoms with Crippen LogP contribution in [0.25, 0.3) is 0 Å². The Morgan fingerprint density at radius 3 is 2.56 bits per heavy atom. The van der Waals surface area contributed by atoms with Gasteiger partial charge in [0.2, 0.25) is 0 Å². The van der Waals surface area contributed by atoms with Crippen molar-refractivity contribution in [1.29, 1.82) is 0 Å². The predicted octanol–water partition coefficient (Wildman–Crippen LogP) is 3.98. The van der Waals surface area contributed by atoms with Gasteiger partial charge in [-0.25, -0.2) is 0 Å². The fourth-order valence-electron chi connectivity index (χ4n) is 1.23. The molecule has 0 fully saturated rings. The molecule has 0 aliphatic heterocycles. The van der Waals surface area contributed by atoms with Crippen LogP contribution in [0.15, 0.2) is 24.4 Å². The average Bonchev–Trinajstić information content (AvgIpc) is 2.74. The highest BCUT2D eigenvalue weighted by molar-refractivity contribution is 6.44. The highest BCUT2D eigenvalue weighted by Gasteiger charge is 2.05. The Kier molecular flexibility index (Phi) is 3.59. The van der Waals surface area contributed by atoms with Crippen LogP contribution in [0.5, 0.6) is 0 Å². The Balaban J connectivity index is 2.12. The maximum atomic E-state index is 6.01. The quantitative estimate of drug-likeness (QED) is 0.833. The Labute approximate surface area is 108 Å². The number of hydrogen-bond acceptors (Lipinski definition) is 2. The summed E-state index contributed by atoms with van der Waals surface area (Å²) in [6, 6.07) is 5.18. The van der Waals surface area contributed by atoms with Crippen molar-refractivity contribution in [2.24, 2.45) is 0 Å². The molecule has 0 unspecified atom stereocenters. The minimum atomic E-state index is 0.443. The second-order valence-electron chi connectivity index (χ2n) is 3.18. The first kappa shape index (κ1) is 11.6. The summed E-state index contributed by atoms with van der Waals surface area (Å²) in [4.78, 5) is 0. The van der Waals surface area contributed by atoms with Crippen LogP contribution in [0.2, 0.25) is 15.1 Å². The molecule has 0 spiro atoms. The van der Waals surface area contributed by atoms with Crippen LogP contribution in [0.4, 0.5) is 5.69 Å². The summed E-state index contributed by atoms with van der Waals surface area (Å²) in [6.07, 6.45) is 1.69. The molecular weight excluding hydrogens is 268 g/mol. The lowest BCUT2D eigenvalue weighted by Crippen LogP contribution is -2.00. The minimum absolute atomic E-state index is 0.443. The van der Waals surface area contributed by atoms with Gasteiger partial charge in [-0.05, 0) is 18.2 Å². The van der Waals surface area contributed by atoms with E-state index < -0.39 is 0 Å². The van der Waals surface area contributed by atoms with E-state index in [0.717, 1.165) is 11.4 Å². The van der Waals surface area contributed by atoms with Crippen LogP contribution < -0.4 is 5.32 Å². The lowest BCUT2D eigenvalue weighted by atomic mass is 10.3. The van der Waals surface area contributed by atoms with Gasteiger partial charge in [-0.2, -0.15) is 5.10 Å².